The molecule has 0 unspecified atom stereocenters. The molecule has 0 saturated carbocycles. The summed E-state index contributed by atoms with van der Waals surface area (Å²) in [7, 11) is 0. The van der Waals surface area contributed by atoms with E-state index in [0.29, 0.717) is 6.54 Å². The maximum absolute atomic E-state index is 5.31. The molecule has 1 heterocycles. The van der Waals surface area contributed by atoms with Crippen molar-refractivity contribution in [2.24, 2.45) is 5.73 Å². The van der Waals surface area contributed by atoms with Crippen LogP contribution in [-0.2, 0) is 12.8 Å². The third-order valence-corrected chi connectivity index (χ3v) is 1.32. The maximum Gasteiger partial charge on any atom is 0.195 e. The first-order chi connectivity index (χ1) is 4.86. The van der Waals surface area contributed by atoms with Crippen molar-refractivity contribution in [1.29, 1.82) is 0 Å². The van der Waals surface area contributed by atoms with Gasteiger partial charge in [0.1, 0.15) is 6.26 Å². The Hall–Kier alpha value is -0.830. The highest BCUT2D eigenvalue weighted by atomic mass is 16.3. The molecule has 0 aliphatic heterocycles. The molecule has 2 N–H and O–H groups in total. The number of oxazole rings is 1. The van der Waals surface area contributed by atoms with Crippen molar-refractivity contribution in [3.05, 3.63) is 17.8 Å². The molecule has 3 nitrogen and oxygen atoms in total. The molecule has 0 fully saturated rings. The molecule has 0 saturated heterocycles. The number of nitrogens with zero attached hydrogens (tertiary/aromatic N) is 1. The fraction of sp³-hybridized carbons (Fsp3) is 0.571. The van der Waals surface area contributed by atoms with E-state index in [0.717, 1.165) is 24.4 Å². The van der Waals surface area contributed by atoms with Crippen LogP contribution in [0.3, 0.4) is 0 Å². The first kappa shape index (κ1) is 7.28. The Kier molecular flexibility index (Phi) is 2.45. The van der Waals surface area contributed by atoms with E-state index in [-0.39, 0.29) is 0 Å². The van der Waals surface area contributed by atoms with Crippen molar-refractivity contribution < 1.29 is 4.42 Å². The summed E-state index contributed by atoms with van der Waals surface area (Å²) < 4.78 is 5.10. The highest BCUT2D eigenvalue weighted by molar-refractivity contribution is 4.95. The van der Waals surface area contributed by atoms with E-state index in [2.05, 4.69) is 4.98 Å². The summed E-state index contributed by atoms with van der Waals surface area (Å²) in [6, 6.07) is 0. The van der Waals surface area contributed by atoms with Crippen LogP contribution in [0.15, 0.2) is 10.7 Å². The van der Waals surface area contributed by atoms with Gasteiger partial charge in [-0.25, -0.2) is 4.98 Å². The van der Waals surface area contributed by atoms with Gasteiger partial charge in [-0.1, -0.05) is 6.92 Å². The van der Waals surface area contributed by atoms with Crippen LogP contribution in [0.25, 0.3) is 0 Å². The van der Waals surface area contributed by atoms with Gasteiger partial charge in [-0.15, -0.1) is 0 Å². The SMILES string of the molecule is CCc1coc(CCN)n1. The number of aromatic nitrogens is 1. The largest absolute Gasteiger partial charge is 0.449 e. The molecule has 0 aliphatic rings. The van der Waals surface area contributed by atoms with Gasteiger partial charge in [-0.05, 0) is 6.42 Å². The van der Waals surface area contributed by atoms with Gasteiger partial charge >= 0.3 is 0 Å². The van der Waals surface area contributed by atoms with Crippen molar-refractivity contribution in [2.75, 3.05) is 6.54 Å². The summed E-state index contributed by atoms with van der Waals surface area (Å²) in [5.41, 5.74) is 6.31. The molecule has 10 heavy (non-hydrogen) atoms. The molecule has 0 bridgehead atoms. The lowest BCUT2D eigenvalue weighted by Crippen LogP contribution is -2.02. The summed E-state index contributed by atoms with van der Waals surface area (Å²) in [6.45, 7) is 2.65. The first-order valence-corrected chi connectivity index (χ1v) is 3.50. The van der Waals surface area contributed by atoms with Crippen LogP contribution in [0, 0.1) is 0 Å². The van der Waals surface area contributed by atoms with Crippen LogP contribution < -0.4 is 5.73 Å². The minimum atomic E-state index is 0.601. The second kappa shape index (κ2) is 3.37. The van der Waals surface area contributed by atoms with E-state index >= 15 is 0 Å². The van der Waals surface area contributed by atoms with Crippen molar-refractivity contribution in [2.45, 2.75) is 19.8 Å². The van der Waals surface area contributed by atoms with Crippen molar-refractivity contribution in [1.82, 2.24) is 4.98 Å². The minimum Gasteiger partial charge on any atom is -0.449 e. The van der Waals surface area contributed by atoms with Crippen LogP contribution >= 0.6 is 0 Å². The zero-order valence-electron chi connectivity index (χ0n) is 6.13. The highest BCUT2D eigenvalue weighted by Crippen LogP contribution is 2.01. The Morgan fingerprint density at radius 1 is 1.70 bits per heavy atom. The average molecular weight is 140 g/mol. The molecule has 0 radical (unpaired) electrons. The molecule has 0 amide bonds. The molecule has 3 heteroatoms. The molecule has 1 aromatic rings. The van der Waals surface area contributed by atoms with Gasteiger partial charge in [-0.2, -0.15) is 0 Å². The summed E-state index contributed by atoms with van der Waals surface area (Å²) >= 11 is 0. The number of hydrogen-bond acceptors (Lipinski definition) is 3. The lowest BCUT2D eigenvalue weighted by molar-refractivity contribution is 0.496. The van der Waals surface area contributed by atoms with Gasteiger partial charge in [0.15, 0.2) is 5.89 Å². The summed E-state index contributed by atoms with van der Waals surface area (Å²) in [5.74, 6) is 0.749. The molecule has 1 rings (SSSR count). The van der Waals surface area contributed by atoms with Crippen LogP contribution in [0.2, 0.25) is 0 Å². The van der Waals surface area contributed by atoms with E-state index in [1.807, 2.05) is 6.92 Å². The quantitative estimate of drug-likeness (QED) is 0.673. The molecule has 0 aliphatic carbocycles. The summed E-state index contributed by atoms with van der Waals surface area (Å²) in [6.07, 6.45) is 3.35. The Balaban J connectivity index is 2.59. The van der Waals surface area contributed by atoms with E-state index < -0.39 is 0 Å². The van der Waals surface area contributed by atoms with E-state index in [9.17, 15) is 0 Å². The maximum atomic E-state index is 5.31. The number of aryl methyl sites for hydroxylation is 1. The van der Waals surface area contributed by atoms with Crippen LogP contribution in [-0.4, -0.2) is 11.5 Å². The fourth-order valence-electron chi connectivity index (χ4n) is 0.750. The predicted octanol–water partition coefficient (Wildman–Crippen LogP) is 0.738. The second-order valence-electron chi connectivity index (χ2n) is 2.12. The molecule has 0 atom stereocenters. The lowest BCUT2D eigenvalue weighted by Gasteiger charge is -1.85. The zero-order chi connectivity index (χ0) is 7.40. The fourth-order valence-corrected chi connectivity index (χ4v) is 0.750. The minimum absolute atomic E-state index is 0.601. The molecule has 0 spiro atoms. The van der Waals surface area contributed by atoms with Gasteiger partial charge in [0.25, 0.3) is 0 Å². The number of rotatable bonds is 3. The molecule has 0 aromatic carbocycles. The lowest BCUT2D eigenvalue weighted by atomic mass is 10.4. The topological polar surface area (TPSA) is 52.0 Å². The average Bonchev–Trinajstić information content (AvgIpc) is 2.37. The highest BCUT2D eigenvalue weighted by Gasteiger charge is 1.98. The van der Waals surface area contributed by atoms with Crippen molar-refractivity contribution in [3.63, 3.8) is 0 Å². The smallest absolute Gasteiger partial charge is 0.195 e. The Morgan fingerprint density at radius 2 is 2.50 bits per heavy atom. The van der Waals surface area contributed by atoms with Crippen LogP contribution in [0.1, 0.15) is 18.5 Å². The van der Waals surface area contributed by atoms with Gasteiger partial charge in [0, 0.05) is 13.0 Å². The molecule has 56 valence electrons. The van der Waals surface area contributed by atoms with Gasteiger partial charge < -0.3 is 10.2 Å². The normalized spacial score (nSPS) is 10.2. The second-order valence-corrected chi connectivity index (χ2v) is 2.12. The number of hydrogen-bond donors (Lipinski definition) is 1. The van der Waals surface area contributed by atoms with Crippen molar-refractivity contribution in [3.8, 4) is 0 Å². The standard InChI is InChI=1S/C7H12N2O/c1-2-6-5-10-7(9-6)3-4-8/h5H,2-4,8H2,1H3. The zero-order valence-corrected chi connectivity index (χ0v) is 6.13. The van der Waals surface area contributed by atoms with E-state index in [4.69, 9.17) is 10.2 Å². The van der Waals surface area contributed by atoms with Crippen molar-refractivity contribution >= 4 is 0 Å². The Bertz CT molecular complexity index is 195. The number of nitrogens with two attached hydrogens (primary N) is 1. The summed E-state index contributed by atoms with van der Waals surface area (Å²) in [4.78, 5) is 4.17. The van der Waals surface area contributed by atoms with Gasteiger partial charge in [-0.3, -0.25) is 0 Å². The van der Waals surface area contributed by atoms with E-state index in [1.165, 1.54) is 0 Å². The Labute approximate surface area is 60.2 Å². The Morgan fingerprint density at radius 3 is 3.00 bits per heavy atom. The third-order valence-electron chi connectivity index (χ3n) is 1.32. The van der Waals surface area contributed by atoms with Gasteiger partial charge in [0.05, 0.1) is 5.69 Å². The van der Waals surface area contributed by atoms with Crippen LogP contribution in [0.5, 0.6) is 0 Å². The summed E-state index contributed by atoms with van der Waals surface area (Å²) in [5, 5.41) is 0. The molecular formula is C7H12N2O. The third kappa shape index (κ3) is 1.57. The predicted molar refractivity (Wildman–Crippen MR) is 38.6 cm³/mol. The van der Waals surface area contributed by atoms with Gasteiger partial charge in [0.2, 0.25) is 0 Å². The first-order valence-electron chi connectivity index (χ1n) is 3.50. The van der Waals surface area contributed by atoms with Crippen LogP contribution in [0.4, 0.5) is 0 Å². The molecular weight excluding hydrogens is 128 g/mol. The van der Waals surface area contributed by atoms with E-state index in [1.54, 1.807) is 6.26 Å². The monoisotopic (exact) mass is 140 g/mol. The molecule has 1 aromatic heterocycles.